The van der Waals surface area contributed by atoms with E-state index in [1.807, 2.05) is 0 Å². The molecule has 2 heteroatoms. The minimum absolute atomic E-state index is 0. The van der Waals surface area contributed by atoms with Gasteiger partial charge in [-0.1, -0.05) is 18.6 Å². The van der Waals surface area contributed by atoms with Crippen molar-refractivity contribution < 1.29 is 4.39 Å². The molecule has 84 valence electrons. The molecule has 1 unspecified atom stereocenters. The Labute approximate surface area is 95.3 Å². The largest absolute Gasteiger partial charge is 0.344 e. The number of rotatable bonds is 1. The van der Waals surface area contributed by atoms with Crippen molar-refractivity contribution in [3.8, 4) is 11.1 Å². The minimum Gasteiger partial charge on any atom is -0.344 e. The monoisotopic (exact) mass is 217 g/mol. The second-order valence-electron chi connectivity index (χ2n) is 4.58. The van der Waals surface area contributed by atoms with E-state index in [4.69, 9.17) is 0 Å². The van der Waals surface area contributed by atoms with Gasteiger partial charge in [-0.2, -0.15) is 0 Å². The normalized spacial score (nSPS) is 20.8. The van der Waals surface area contributed by atoms with E-state index in [0.717, 1.165) is 16.7 Å². The van der Waals surface area contributed by atoms with E-state index in [2.05, 4.69) is 32.9 Å². The Kier molecular flexibility index (Phi) is 2.28. The Balaban J connectivity index is 0.000000963. The Hall–Kier alpha value is -1.41. The summed E-state index contributed by atoms with van der Waals surface area (Å²) in [5.74, 6) is 0.452. The van der Waals surface area contributed by atoms with E-state index in [9.17, 15) is 4.39 Å². The minimum atomic E-state index is -0.0462. The molecule has 0 radical (unpaired) electrons. The summed E-state index contributed by atoms with van der Waals surface area (Å²) in [5.41, 5.74) is 6.97. The summed E-state index contributed by atoms with van der Waals surface area (Å²) in [6.45, 7) is 6.45. The zero-order valence-corrected chi connectivity index (χ0v) is 9.89. The third-order valence-electron chi connectivity index (χ3n) is 3.62. The van der Waals surface area contributed by atoms with Crippen LogP contribution in [0.5, 0.6) is 0 Å². The zero-order valence-electron chi connectivity index (χ0n) is 9.89. The molecule has 0 aromatic rings. The molecule has 3 aliphatic rings. The fourth-order valence-electron chi connectivity index (χ4n) is 2.63. The Morgan fingerprint density at radius 1 is 1.19 bits per heavy atom. The Morgan fingerprint density at radius 2 is 1.88 bits per heavy atom. The second-order valence-corrected chi connectivity index (χ2v) is 4.58. The molecule has 0 aliphatic heterocycles. The maximum atomic E-state index is 13.2. The molecule has 0 aromatic heterocycles. The lowest BCUT2D eigenvalue weighted by atomic mass is 9.80. The van der Waals surface area contributed by atoms with Crippen molar-refractivity contribution in [1.82, 2.24) is 6.15 Å². The predicted octanol–water partition coefficient (Wildman–Crippen LogP) is 4.34. The molecule has 3 rings (SSSR count). The van der Waals surface area contributed by atoms with E-state index in [1.54, 1.807) is 6.07 Å². The number of fused-ring (bicyclic) bond motifs is 1. The van der Waals surface area contributed by atoms with Gasteiger partial charge in [-0.05, 0) is 54.2 Å². The quantitative estimate of drug-likeness (QED) is 0.757. The van der Waals surface area contributed by atoms with Crippen molar-refractivity contribution >= 4 is 5.57 Å². The van der Waals surface area contributed by atoms with Crippen molar-refractivity contribution in [2.45, 2.75) is 20.8 Å². The smallest absolute Gasteiger partial charge is 0.132 e. The highest BCUT2D eigenvalue weighted by Gasteiger charge is 2.29. The third kappa shape index (κ3) is 1.14. The first kappa shape index (κ1) is 11.1. The molecule has 3 aliphatic carbocycles. The van der Waals surface area contributed by atoms with Crippen LogP contribution in [0.3, 0.4) is 0 Å². The lowest BCUT2D eigenvalue weighted by molar-refractivity contribution is 0.620. The first-order valence-corrected chi connectivity index (χ1v) is 5.33. The number of benzene rings is 1. The van der Waals surface area contributed by atoms with Crippen LogP contribution < -0.4 is 6.15 Å². The molecule has 0 saturated heterocycles. The zero-order chi connectivity index (χ0) is 10.7. The maximum Gasteiger partial charge on any atom is 0.132 e. The number of hydrogen-bond donors (Lipinski definition) is 1. The van der Waals surface area contributed by atoms with Gasteiger partial charge in [0.1, 0.15) is 5.82 Å². The van der Waals surface area contributed by atoms with Gasteiger partial charge in [0.25, 0.3) is 0 Å². The van der Waals surface area contributed by atoms with Crippen molar-refractivity contribution in [2.75, 3.05) is 0 Å². The summed E-state index contributed by atoms with van der Waals surface area (Å²) in [5, 5.41) is 0. The van der Waals surface area contributed by atoms with Crippen LogP contribution in [0, 0.1) is 11.7 Å². The molecule has 0 saturated carbocycles. The average Bonchev–Trinajstić information content (AvgIpc) is 2.36. The number of hydrogen-bond acceptors (Lipinski definition) is 1. The van der Waals surface area contributed by atoms with Gasteiger partial charge in [0.15, 0.2) is 0 Å². The summed E-state index contributed by atoms with van der Waals surface area (Å²) >= 11 is 0. The third-order valence-corrected chi connectivity index (χ3v) is 3.62. The molecule has 0 amide bonds. The molecular formula is C14H16FN. The van der Waals surface area contributed by atoms with E-state index in [1.165, 1.54) is 16.7 Å². The lowest BCUT2D eigenvalue weighted by Gasteiger charge is -2.25. The van der Waals surface area contributed by atoms with Crippen LogP contribution in [0.2, 0.25) is 0 Å². The van der Waals surface area contributed by atoms with Crippen LogP contribution in [0.4, 0.5) is 4.39 Å². The molecular weight excluding hydrogens is 201 g/mol. The van der Waals surface area contributed by atoms with E-state index < -0.39 is 0 Å². The summed E-state index contributed by atoms with van der Waals surface area (Å²) in [4.78, 5) is 0. The summed E-state index contributed by atoms with van der Waals surface area (Å²) < 4.78 is 13.2. The van der Waals surface area contributed by atoms with Crippen LogP contribution >= 0.6 is 0 Å². The van der Waals surface area contributed by atoms with Crippen molar-refractivity contribution in [2.24, 2.45) is 5.92 Å². The van der Waals surface area contributed by atoms with Gasteiger partial charge in [-0.15, -0.1) is 0 Å². The van der Waals surface area contributed by atoms with Gasteiger partial charge in [0.2, 0.25) is 0 Å². The molecule has 0 fully saturated rings. The van der Waals surface area contributed by atoms with Crippen molar-refractivity contribution in [1.29, 1.82) is 0 Å². The fraction of sp³-hybridized carbons (Fsp3) is 0.286. The van der Waals surface area contributed by atoms with Crippen LogP contribution in [-0.4, -0.2) is 0 Å². The average molecular weight is 217 g/mol. The Morgan fingerprint density at radius 3 is 2.31 bits per heavy atom. The topological polar surface area (TPSA) is 35.0 Å². The molecule has 1 atom stereocenters. The fourth-order valence-corrected chi connectivity index (χ4v) is 2.63. The predicted molar refractivity (Wildman–Crippen MR) is 65.9 cm³/mol. The highest BCUT2D eigenvalue weighted by molar-refractivity contribution is 5.98. The summed E-state index contributed by atoms with van der Waals surface area (Å²) in [6.07, 6.45) is 2.25. The van der Waals surface area contributed by atoms with Crippen molar-refractivity contribution in [3.63, 3.8) is 0 Å². The van der Waals surface area contributed by atoms with Gasteiger partial charge in [0, 0.05) is 5.56 Å². The van der Waals surface area contributed by atoms with Crippen LogP contribution in [0.1, 0.15) is 26.3 Å². The van der Waals surface area contributed by atoms with Crippen LogP contribution in [0.25, 0.3) is 16.7 Å². The second kappa shape index (κ2) is 3.29. The first-order valence-electron chi connectivity index (χ1n) is 5.33. The van der Waals surface area contributed by atoms with Gasteiger partial charge in [-0.25, -0.2) is 4.39 Å². The van der Waals surface area contributed by atoms with Crippen LogP contribution in [0.15, 0.2) is 29.4 Å². The number of halogens is 1. The molecule has 0 bridgehead atoms. The van der Waals surface area contributed by atoms with Gasteiger partial charge in [0.05, 0.1) is 0 Å². The Bertz CT molecular complexity index is 538. The lowest BCUT2D eigenvalue weighted by Crippen LogP contribution is -2.05. The summed E-state index contributed by atoms with van der Waals surface area (Å²) in [7, 11) is 0. The van der Waals surface area contributed by atoms with Gasteiger partial charge >= 0.3 is 0 Å². The highest BCUT2D eigenvalue weighted by atomic mass is 19.1. The van der Waals surface area contributed by atoms with Crippen molar-refractivity contribution in [3.05, 3.63) is 40.7 Å². The molecule has 0 aromatic carbocycles. The highest BCUT2D eigenvalue weighted by Crippen LogP contribution is 2.49. The SMILES string of the molecule is CC1=CC(C)C(C)=C1c1cc2cc(F)c1-2.N. The van der Waals surface area contributed by atoms with Crippen LogP contribution in [-0.2, 0) is 0 Å². The first-order chi connectivity index (χ1) is 7.09. The van der Waals surface area contributed by atoms with E-state index >= 15 is 0 Å². The summed E-state index contributed by atoms with van der Waals surface area (Å²) in [6, 6.07) is 3.69. The van der Waals surface area contributed by atoms with E-state index in [0.29, 0.717) is 5.92 Å². The molecule has 16 heavy (non-hydrogen) atoms. The molecule has 0 spiro atoms. The molecule has 0 heterocycles. The molecule has 3 N–H and O–H groups in total. The standard InChI is InChI=1S/C14H13F.H3N/c1-7-4-8(2)13(9(7)3)11-5-10-6-12(15)14(10)11;/h4-7H,1-3H3;1H3. The van der Waals surface area contributed by atoms with Gasteiger partial charge < -0.3 is 6.15 Å². The molecule has 1 nitrogen and oxygen atoms in total. The van der Waals surface area contributed by atoms with Gasteiger partial charge in [-0.3, -0.25) is 0 Å². The number of allylic oxidation sites excluding steroid dienone is 4. The maximum absolute atomic E-state index is 13.2. The van der Waals surface area contributed by atoms with E-state index in [-0.39, 0.29) is 12.0 Å².